The molecule has 0 spiro atoms. The molecule has 1 rings (SSSR count). The van der Waals surface area contributed by atoms with Gasteiger partial charge in [0.1, 0.15) is 0 Å². The van der Waals surface area contributed by atoms with Gasteiger partial charge in [-0.25, -0.2) is 4.98 Å². The molecule has 0 saturated carbocycles. The van der Waals surface area contributed by atoms with E-state index in [9.17, 15) is 0 Å². The molecular weight excluding hydrogens is 182 g/mol. The van der Waals surface area contributed by atoms with Crippen LogP contribution >= 0.6 is 11.3 Å². The Morgan fingerprint density at radius 1 is 1.54 bits per heavy atom. The van der Waals surface area contributed by atoms with Gasteiger partial charge >= 0.3 is 0 Å². The lowest BCUT2D eigenvalue weighted by atomic mass is 10.4. The molecule has 0 unspecified atom stereocenters. The number of aromatic nitrogens is 1. The molecule has 74 valence electrons. The van der Waals surface area contributed by atoms with Crippen LogP contribution in [0.4, 0.5) is 5.13 Å². The van der Waals surface area contributed by atoms with Gasteiger partial charge in [-0.2, -0.15) is 0 Å². The topological polar surface area (TPSA) is 42.2 Å². The highest BCUT2D eigenvalue weighted by atomic mass is 32.1. The van der Waals surface area contributed by atoms with Gasteiger partial charge in [0.05, 0.1) is 0 Å². The first-order chi connectivity index (χ1) is 6.26. The average Bonchev–Trinajstić information content (AvgIpc) is 2.50. The molecule has 3 nitrogen and oxygen atoms in total. The molecule has 1 aromatic rings. The van der Waals surface area contributed by atoms with Crippen LogP contribution in [0.1, 0.15) is 25.1 Å². The second kappa shape index (κ2) is 5.19. The van der Waals surface area contributed by atoms with Crippen LogP contribution in [0.3, 0.4) is 0 Å². The average molecular weight is 199 g/mol. The number of hydrogen-bond donors (Lipinski definition) is 1. The third-order valence-electron chi connectivity index (χ3n) is 1.94. The van der Waals surface area contributed by atoms with Crippen molar-refractivity contribution in [3.63, 3.8) is 0 Å². The number of rotatable bonds is 5. The fourth-order valence-corrected chi connectivity index (χ4v) is 2.01. The van der Waals surface area contributed by atoms with Gasteiger partial charge in [-0.05, 0) is 19.5 Å². The highest BCUT2D eigenvalue weighted by Gasteiger charge is 2.04. The Labute approximate surface area is 83.6 Å². The van der Waals surface area contributed by atoms with E-state index in [1.54, 1.807) is 11.3 Å². The number of nitrogen functional groups attached to an aromatic ring is 1. The van der Waals surface area contributed by atoms with Crippen LogP contribution < -0.4 is 5.73 Å². The lowest BCUT2D eigenvalue weighted by Gasteiger charge is -2.17. The summed E-state index contributed by atoms with van der Waals surface area (Å²) >= 11 is 1.58. The SMILES string of the molecule is CCCN(CC)Cc1cnc(N)s1. The smallest absolute Gasteiger partial charge is 0.180 e. The van der Waals surface area contributed by atoms with Crippen molar-refractivity contribution in [2.45, 2.75) is 26.8 Å². The first-order valence-corrected chi connectivity index (χ1v) is 5.50. The minimum absolute atomic E-state index is 0.669. The molecule has 0 aliphatic carbocycles. The van der Waals surface area contributed by atoms with Gasteiger partial charge in [0.25, 0.3) is 0 Å². The monoisotopic (exact) mass is 199 g/mol. The normalized spacial score (nSPS) is 11.0. The van der Waals surface area contributed by atoms with Gasteiger partial charge in [0.2, 0.25) is 0 Å². The van der Waals surface area contributed by atoms with Crippen LogP contribution in [-0.2, 0) is 6.54 Å². The summed E-state index contributed by atoms with van der Waals surface area (Å²) in [6, 6.07) is 0. The van der Waals surface area contributed by atoms with E-state index < -0.39 is 0 Å². The van der Waals surface area contributed by atoms with E-state index in [1.807, 2.05) is 6.20 Å². The number of nitrogens with two attached hydrogens (primary N) is 1. The Hall–Kier alpha value is -0.610. The van der Waals surface area contributed by atoms with E-state index in [4.69, 9.17) is 5.73 Å². The highest BCUT2D eigenvalue weighted by Crippen LogP contribution is 2.16. The molecule has 1 aromatic heterocycles. The fraction of sp³-hybridized carbons (Fsp3) is 0.667. The summed E-state index contributed by atoms with van der Waals surface area (Å²) in [5, 5.41) is 0.669. The predicted octanol–water partition coefficient (Wildman–Crippen LogP) is 1.96. The zero-order chi connectivity index (χ0) is 9.68. The Balaban J connectivity index is 2.46. The summed E-state index contributed by atoms with van der Waals surface area (Å²) in [5.74, 6) is 0. The van der Waals surface area contributed by atoms with E-state index in [0.29, 0.717) is 5.13 Å². The first kappa shape index (κ1) is 10.5. The van der Waals surface area contributed by atoms with Crippen molar-refractivity contribution >= 4 is 16.5 Å². The molecule has 0 saturated heterocycles. The fourth-order valence-electron chi connectivity index (χ4n) is 1.28. The molecule has 13 heavy (non-hydrogen) atoms. The zero-order valence-electron chi connectivity index (χ0n) is 8.29. The van der Waals surface area contributed by atoms with Gasteiger partial charge in [0.15, 0.2) is 5.13 Å². The second-order valence-electron chi connectivity index (χ2n) is 3.03. The second-order valence-corrected chi connectivity index (χ2v) is 4.18. The van der Waals surface area contributed by atoms with E-state index in [2.05, 4.69) is 23.7 Å². The van der Waals surface area contributed by atoms with E-state index >= 15 is 0 Å². The minimum atomic E-state index is 0.669. The molecule has 2 N–H and O–H groups in total. The maximum absolute atomic E-state index is 5.56. The van der Waals surface area contributed by atoms with Crippen LogP contribution in [0.25, 0.3) is 0 Å². The highest BCUT2D eigenvalue weighted by molar-refractivity contribution is 7.15. The van der Waals surface area contributed by atoms with Gasteiger partial charge < -0.3 is 5.73 Å². The maximum Gasteiger partial charge on any atom is 0.180 e. The van der Waals surface area contributed by atoms with Gasteiger partial charge in [-0.3, -0.25) is 4.90 Å². The van der Waals surface area contributed by atoms with Crippen molar-refractivity contribution < 1.29 is 0 Å². The summed E-state index contributed by atoms with van der Waals surface area (Å²) in [6.45, 7) is 7.60. The number of hydrogen-bond acceptors (Lipinski definition) is 4. The van der Waals surface area contributed by atoms with Crippen LogP contribution in [-0.4, -0.2) is 23.0 Å². The molecule has 0 aromatic carbocycles. The molecule has 0 aliphatic rings. The Bertz CT molecular complexity index is 247. The van der Waals surface area contributed by atoms with Crippen molar-refractivity contribution in [2.24, 2.45) is 0 Å². The number of nitrogens with zero attached hydrogens (tertiary/aromatic N) is 2. The van der Waals surface area contributed by atoms with Crippen molar-refractivity contribution in [3.05, 3.63) is 11.1 Å². The van der Waals surface area contributed by atoms with Gasteiger partial charge in [0, 0.05) is 17.6 Å². The van der Waals surface area contributed by atoms with Crippen LogP contribution in [0.5, 0.6) is 0 Å². The Morgan fingerprint density at radius 2 is 2.31 bits per heavy atom. The maximum atomic E-state index is 5.56. The van der Waals surface area contributed by atoms with Gasteiger partial charge in [-0.1, -0.05) is 13.8 Å². The third-order valence-corrected chi connectivity index (χ3v) is 2.75. The minimum Gasteiger partial charge on any atom is -0.375 e. The number of anilines is 1. The van der Waals surface area contributed by atoms with Crippen LogP contribution in [0, 0.1) is 0 Å². The lowest BCUT2D eigenvalue weighted by Crippen LogP contribution is -2.22. The molecule has 0 aliphatic heterocycles. The Kier molecular flexibility index (Phi) is 4.18. The van der Waals surface area contributed by atoms with E-state index in [1.165, 1.54) is 11.3 Å². The van der Waals surface area contributed by atoms with E-state index in [0.717, 1.165) is 19.6 Å². The summed E-state index contributed by atoms with van der Waals surface area (Å²) in [7, 11) is 0. The molecule has 0 radical (unpaired) electrons. The summed E-state index contributed by atoms with van der Waals surface area (Å²) in [5.41, 5.74) is 5.56. The third kappa shape index (κ3) is 3.32. The molecule has 0 amide bonds. The molecule has 0 bridgehead atoms. The molecule has 0 atom stereocenters. The summed E-state index contributed by atoms with van der Waals surface area (Å²) < 4.78 is 0. The standard InChI is InChI=1S/C9H17N3S/c1-3-5-12(4-2)7-8-6-11-9(10)13-8/h6H,3-5,7H2,1-2H3,(H2,10,11). The Morgan fingerprint density at radius 3 is 2.77 bits per heavy atom. The molecule has 4 heteroatoms. The van der Waals surface area contributed by atoms with Crippen molar-refractivity contribution in [1.82, 2.24) is 9.88 Å². The quantitative estimate of drug-likeness (QED) is 0.788. The van der Waals surface area contributed by atoms with Crippen LogP contribution in [0.15, 0.2) is 6.20 Å². The van der Waals surface area contributed by atoms with E-state index in [-0.39, 0.29) is 0 Å². The molecule has 1 heterocycles. The van der Waals surface area contributed by atoms with Crippen LogP contribution in [0.2, 0.25) is 0 Å². The van der Waals surface area contributed by atoms with Crippen molar-refractivity contribution in [1.29, 1.82) is 0 Å². The first-order valence-electron chi connectivity index (χ1n) is 4.68. The van der Waals surface area contributed by atoms with Crippen molar-refractivity contribution in [2.75, 3.05) is 18.8 Å². The lowest BCUT2D eigenvalue weighted by molar-refractivity contribution is 0.283. The largest absolute Gasteiger partial charge is 0.375 e. The van der Waals surface area contributed by atoms with Crippen molar-refractivity contribution in [3.8, 4) is 0 Å². The zero-order valence-corrected chi connectivity index (χ0v) is 9.10. The molecule has 0 fully saturated rings. The van der Waals surface area contributed by atoms with Gasteiger partial charge in [-0.15, -0.1) is 11.3 Å². The predicted molar refractivity (Wildman–Crippen MR) is 57.8 cm³/mol. The summed E-state index contributed by atoms with van der Waals surface area (Å²) in [6.07, 6.45) is 3.07. The summed E-state index contributed by atoms with van der Waals surface area (Å²) in [4.78, 5) is 7.69. The molecular formula is C9H17N3S. The number of thiazole rings is 1.